The molecule has 0 aromatic heterocycles. The average molecular weight is 238 g/mol. The van der Waals surface area contributed by atoms with Crippen LogP contribution in [0.5, 0.6) is 0 Å². The molecule has 0 aliphatic rings. The van der Waals surface area contributed by atoms with E-state index in [1.807, 2.05) is 32.0 Å². The van der Waals surface area contributed by atoms with Crippen molar-refractivity contribution >= 4 is 5.97 Å². The molecule has 0 spiro atoms. The summed E-state index contributed by atoms with van der Waals surface area (Å²) < 4.78 is 18.3. The minimum absolute atomic E-state index is 0.154. The van der Waals surface area contributed by atoms with Gasteiger partial charge in [0.15, 0.2) is 0 Å². The number of benzene rings is 1. The van der Waals surface area contributed by atoms with E-state index in [4.69, 9.17) is 4.74 Å². The number of esters is 1. The highest BCUT2D eigenvalue weighted by molar-refractivity contribution is 5.65. The van der Waals surface area contributed by atoms with E-state index in [0.717, 1.165) is 5.56 Å². The Labute approximate surface area is 102 Å². The topological polar surface area (TPSA) is 26.3 Å². The molecule has 1 aromatic rings. The molecule has 2 nitrogen and oxygen atoms in total. The highest BCUT2D eigenvalue weighted by Crippen LogP contribution is 2.14. The lowest BCUT2D eigenvalue weighted by Gasteiger charge is -2.09. The average Bonchev–Trinajstić information content (AvgIpc) is 2.23. The van der Waals surface area contributed by atoms with Crippen molar-refractivity contribution in [3.8, 4) is 0 Å². The lowest BCUT2D eigenvalue weighted by molar-refractivity contribution is -0.141. The summed E-state index contributed by atoms with van der Waals surface area (Å²) in [4.78, 5) is 10.5. The van der Waals surface area contributed by atoms with Crippen molar-refractivity contribution in [1.82, 2.24) is 0 Å². The molecule has 1 unspecified atom stereocenters. The molecule has 17 heavy (non-hydrogen) atoms. The highest BCUT2D eigenvalue weighted by Gasteiger charge is 2.09. The molecule has 0 aliphatic carbocycles. The fraction of sp³-hybridized carbons (Fsp3) is 0.500. The van der Waals surface area contributed by atoms with Crippen LogP contribution in [0.25, 0.3) is 0 Å². The van der Waals surface area contributed by atoms with Crippen LogP contribution in [0.15, 0.2) is 18.2 Å². The van der Waals surface area contributed by atoms with Crippen molar-refractivity contribution < 1.29 is 13.9 Å². The minimum atomic E-state index is -0.962. The number of carbonyl (C=O) groups excluding carboxylic acids is 1. The van der Waals surface area contributed by atoms with E-state index in [1.165, 1.54) is 18.1 Å². The summed E-state index contributed by atoms with van der Waals surface area (Å²) in [6, 6.07) is 5.96. The summed E-state index contributed by atoms with van der Waals surface area (Å²) in [7, 11) is 0. The van der Waals surface area contributed by atoms with Gasteiger partial charge in [0.05, 0.1) is 6.61 Å². The maximum Gasteiger partial charge on any atom is 0.302 e. The Balaban J connectivity index is 2.42. The summed E-state index contributed by atoms with van der Waals surface area (Å²) in [6.07, 6.45) is -0.328. The van der Waals surface area contributed by atoms with Gasteiger partial charge in [-0.15, -0.1) is 0 Å². The molecule has 1 atom stereocenters. The minimum Gasteiger partial charge on any atom is -0.466 e. The molecular formula is C14H19FO2. The summed E-state index contributed by atoms with van der Waals surface area (Å²) in [6.45, 7) is 5.54. The molecule has 0 heterocycles. The first-order valence-electron chi connectivity index (χ1n) is 5.82. The molecule has 0 saturated heterocycles. The monoisotopic (exact) mass is 238 g/mol. The number of aryl methyl sites for hydroxylation is 2. The van der Waals surface area contributed by atoms with Gasteiger partial charge in [-0.2, -0.15) is 0 Å². The highest BCUT2D eigenvalue weighted by atomic mass is 19.1. The van der Waals surface area contributed by atoms with Crippen molar-refractivity contribution in [2.75, 3.05) is 6.61 Å². The van der Waals surface area contributed by atoms with Crippen molar-refractivity contribution in [3.05, 3.63) is 34.9 Å². The van der Waals surface area contributed by atoms with Crippen LogP contribution in [0.1, 0.15) is 30.0 Å². The van der Waals surface area contributed by atoms with Gasteiger partial charge in [-0.3, -0.25) is 4.79 Å². The van der Waals surface area contributed by atoms with Crippen LogP contribution < -0.4 is 0 Å². The van der Waals surface area contributed by atoms with Crippen molar-refractivity contribution in [2.45, 2.75) is 39.8 Å². The predicted molar refractivity (Wildman–Crippen MR) is 65.8 cm³/mol. The van der Waals surface area contributed by atoms with Crippen molar-refractivity contribution in [1.29, 1.82) is 0 Å². The van der Waals surface area contributed by atoms with Gasteiger partial charge in [0.1, 0.15) is 6.17 Å². The Morgan fingerprint density at radius 1 is 1.35 bits per heavy atom. The third-order valence-corrected chi connectivity index (χ3v) is 2.76. The van der Waals surface area contributed by atoms with Crippen LogP contribution in [-0.4, -0.2) is 18.7 Å². The summed E-state index contributed by atoms with van der Waals surface area (Å²) in [5, 5.41) is 0. The first-order valence-corrected chi connectivity index (χ1v) is 5.82. The van der Waals surface area contributed by atoms with E-state index >= 15 is 0 Å². The second-order valence-electron chi connectivity index (χ2n) is 4.35. The SMILES string of the molecule is CC(=O)OCCC(F)Cc1ccc(C)c(C)c1. The first kappa shape index (κ1) is 13.7. The van der Waals surface area contributed by atoms with E-state index in [-0.39, 0.29) is 19.0 Å². The molecule has 0 amide bonds. The van der Waals surface area contributed by atoms with Gasteiger partial charge < -0.3 is 4.74 Å². The molecule has 1 rings (SSSR count). The molecule has 0 aliphatic heterocycles. The third kappa shape index (κ3) is 4.98. The van der Waals surface area contributed by atoms with E-state index < -0.39 is 6.17 Å². The van der Waals surface area contributed by atoms with Gasteiger partial charge in [0.2, 0.25) is 0 Å². The van der Waals surface area contributed by atoms with Crippen LogP contribution in [0.3, 0.4) is 0 Å². The van der Waals surface area contributed by atoms with Crippen LogP contribution in [-0.2, 0) is 16.0 Å². The van der Waals surface area contributed by atoms with E-state index in [0.29, 0.717) is 6.42 Å². The number of alkyl halides is 1. The molecule has 0 saturated carbocycles. The Bertz CT molecular complexity index is 388. The molecule has 3 heteroatoms. The fourth-order valence-corrected chi connectivity index (χ4v) is 1.62. The van der Waals surface area contributed by atoms with Gasteiger partial charge in [0, 0.05) is 19.8 Å². The Kier molecular flexibility index (Phi) is 5.13. The normalized spacial score (nSPS) is 12.2. The molecular weight excluding hydrogens is 219 g/mol. The number of rotatable bonds is 5. The number of ether oxygens (including phenoxy) is 1. The van der Waals surface area contributed by atoms with E-state index in [2.05, 4.69) is 0 Å². The van der Waals surface area contributed by atoms with Gasteiger partial charge in [-0.05, 0) is 30.5 Å². The quantitative estimate of drug-likeness (QED) is 0.737. The Morgan fingerprint density at radius 3 is 2.65 bits per heavy atom. The zero-order valence-electron chi connectivity index (χ0n) is 10.6. The fourth-order valence-electron chi connectivity index (χ4n) is 1.62. The number of hydrogen-bond donors (Lipinski definition) is 0. The van der Waals surface area contributed by atoms with Gasteiger partial charge in [-0.25, -0.2) is 4.39 Å². The lowest BCUT2D eigenvalue weighted by Crippen LogP contribution is -2.11. The molecule has 1 aromatic carbocycles. The Morgan fingerprint density at radius 2 is 2.06 bits per heavy atom. The molecule has 0 N–H and O–H groups in total. The van der Waals surface area contributed by atoms with Crippen LogP contribution >= 0.6 is 0 Å². The predicted octanol–water partition coefficient (Wildman–Crippen LogP) is 3.14. The summed E-state index contributed by atoms with van der Waals surface area (Å²) in [5.74, 6) is -0.358. The third-order valence-electron chi connectivity index (χ3n) is 2.76. The zero-order valence-corrected chi connectivity index (χ0v) is 10.6. The maximum atomic E-state index is 13.6. The second-order valence-corrected chi connectivity index (χ2v) is 4.35. The van der Waals surface area contributed by atoms with Crippen LogP contribution in [0.4, 0.5) is 4.39 Å². The number of hydrogen-bond acceptors (Lipinski definition) is 2. The first-order chi connectivity index (χ1) is 7.99. The lowest BCUT2D eigenvalue weighted by atomic mass is 10.0. The zero-order chi connectivity index (χ0) is 12.8. The van der Waals surface area contributed by atoms with Crippen LogP contribution in [0.2, 0.25) is 0 Å². The number of halogens is 1. The van der Waals surface area contributed by atoms with E-state index in [1.54, 1.807) is 0 Å². The van der Waals surface area contributed by atoms with Gasteiger partial charge >= 0.3 is 5.97 Å². The summed E-state index contributed by atoms with van der Waals surface area (Å²) >= 11 is 0. The van der Waals surface area contributed by atoms with Crippen molar-refractivity contribution in [3.63, 3.8) is 0 Å². The summed E-state index contributed by atoms with van der Waals surface area (Å²) in [5.41, 5.74) is 3.38. The number of carbonyl (C=O) groups is 1. The molecule has 0 bridgehead atoms. The maximum absolute atomic E-state index is 13.6. The second kappa shape index (κ2) is 6.38. The standard InChI is InChI=1S/C14H19FO2/c1-10-4-5-13(8-11(10)2)9-14(15)6-7-17-12(3)16/h4-5,8,14H,6-7,9H2,1-3H3. The van der Waals surface area contributed by atoms with Crippen LogP contribution in [0, 0.1) is 13.8 Å². The largest absolute Gasteiger partial charge is 0.466 e. The van der Waals surface area contributed by atoms with E-state index in [9.17, 15) is 9.18 Å². The van der Waals surface area contributed by atoms with Gasteiger partial charge in [-0.1, -0.05) is 18.2 Å². The molecule has 94 valence electrons. The smallest absolute Gasteiger partial charge is 0.302 e. The van der Waals surface area contributed by atoms with Crippen molar-refractivity contribution in [2.24, 2.45) is 0 Å². The Hall–Kier alpha value is -1.38. The van der Waals surface area contributed by atoms with Gasteiger partial charge in [0.25, 0.3) is 0 Å². The molecule has 0 fully saturated rings. The molecule has 0 radical (unpaired) electrons.